The summed E-state index contributed by atoms with van der Waals surface area (Å²) in [6, 6.07) is 14.8. The molecule has 0 saturated carbocycles. The molecule has 0 unspecified atom stereocenters. The number of hydrogen-bond donors (Lipinski definition) is 1. The van der Waals surface area contributed by atoms with Crippen molar-refractivity contribution in [3.8, 4) is 5.75 Å². The Morgan fingerprint density at radius 3 is 2.48 bits per heavy atom. The first-order chi connectivity index (χ1) is 12.0. The fourth-order valence-electron chi connectivity index (χ4n) is 2.37. The van der Waals surface area contributed by atoms with Crippen LogP contribution in [-0.2, 0) is 16.0 Å². The van der Waals surface area contributed by atoms with Crippen LogP contribution in [0, 0.1) is 0 Å². The summed E-state index contributed by atoms with van der Waals surface area (Å²) < 4.78 is 5.08. The number of carbonyl (C=O) groups is 2. The van der Waals surface area contributed by atoms with Crippen LogP contribution in [0.3, 0.4) is 0 Å². The molecule has 0 radical (unpaired) electrons. The molecule has 0 bridgehead atoms. The van der Waals surface area contributed by atoms with Gasteiger partial charge in [-0.1, -0.05) is 41.9 Å². The van der Waals surface area contributed by atoms with E-state index in [4.69, 9.17) is 16.3 Å². The zero-order valence-corrected chi connectivity index (χ0v) is 15.0. The largest absolute Gasteiger partial charge is 0.495 e. The molecule has 0 spiro atoms. The number of halogens is 1. The Morgan fingerprint density at radius 1 is 1.16 bits per heavy atom. The number of anilines is 1. The van der Waals surface area contributed by atoms with Crippen molar-refractivity contribution >= 4 is 29.1 Å². The van der Waals surface area contributed by atoms with Crippen LogP contribution >= 0.6 is 11.6 Å². The standard InChI is InChI=1S/C19H21ClN2O3/c1-14(23)22(11-10-15-6-4-3-5-7-15)13-19(24)21-16-8-9-18(25-2)17(20)12-16/h3-9,12H,10-11,13H2,1-2H3,(H,21,24). The first-order valence-corrected chi connectivity index (χ1v) is 8.30. The van der Waals surface area contributed by atoms with Crippen molar-refractivity contribution in [2.24, 2.45) is 0 Å². The van der Waals surface area contributed by atoms with Gasteiger partial charge in [0.15, 0.2) is 0 Å². The van der Waals surface area contributed by atoms with Gasteiger partial charge in [0, 0.05) is 19.2 Å². The number of methoxy groups -OCH3 is 1. The molecule has 2 rings (SSSR count). The van der Waals surface area contributed by atoms with Crippen LogP contribution in [0.2, 0.25) is 5.02 Å². The van der Waals surface area contributed by atoms with Gasteiger partial charge in [-0.2, -0.15) is 0 Å². The van der Waals surface area contributed by atoms with E-state index in [1.54, 1.807) is 18.2 Å². The highest BCUT2D eigenvalue weighted by Crippen LogP contribution is 2.27. The van der Waals surface area contributed by atoms with Gasteiger partial charge in [0.1, 0.15) is 5.75 Å². The normalized spacial score (nSPS) is 10.2. The van der Waals surface area contributed by atoms with Crippen LogP contribution in [-0.4, -0.2) is 36.9 Å². The lowest BCUT2D eigenvalue weighted by Gasteiger charge is -2.20. The third kappa shape index (κ3) is 5.80. The van der Waals surface area contributed by atoms with Gasteiger partial charge in [-0.3, -0.25) is 9.59 Å². The zero-order valence-electron chi connectivity index (χ0n) is 14.3. The summed E-state index contributed by atoms with van der Waals surface area (Å²) in [5.41, 5.74) is 1.68. The summed E-state index contributed by atoms with van der Waals surface area (Å²) >= 11 is 6.05. The van der Waals surface area contributed by atoms with Crippen LogP contribution in [0.4, 0.5) is 5.69 Å². The smallest absolute Gasteiger partial charge is 0.243 e. The molecule has 0 saturated heterocycles. The fourth-order valence-corrected chi connectivity index (χ4v) is 2.63. The number of nitrogens with one attached hydrogen (secondary N) is 1. The van der Waals surface area contributed by atoms with Crippen molar-refractivity contribution < 1.29 is 14.3 Å². The van der Waals surface area contributed by atoms with Crippen molar-refractivity contribution in [2.75, 3.05) is 25.5 Å². The molecular weight excluding hydrogens is 340 g/mol. The van der Waals surface area contributed by atoms with Gasteiger partial charge in [-0.15, -0.1) is 0 Å². The summed E-state index contributed by atoms with van der Waals surface area (Å²) in [4.78, 5) is 25.5. The van der Waals surface area contributed by atoms with E-state index >= 15 is 0 Å². The molecule has 0 aliphatic rings. The van der Waals surface area contributed by atoms with Gasteiger partial charge in [0.25, 0.3) is 0 Å². The molecule has 6 heteroatoms. The van der Waals surface area contributed by atoms with Gasteiger partial charge < -0.3 is 15.0 Å². The number of carbonyl (C=O) groups excluding carboxylic acids is 2. The average Bonchev–Trinajstić information content (AvgIpc) is 2.59. The summed E-state index contributed by atoms with van der Waals surface area (Å²) in [5.74, 6) is 0.122. The predicted octanol–water partition coefficient (Wildman–Crippen LogP) is 3.38. The van der Waals surface area contributed by atoms with Crippen LogP contribution in [0.25, 0.3) is 0 Å². The molecule has 0 fully saturated rings. The summed E-state index contributed by atoms with van der Waals surface area (Å²) in [5, 5.41) is 3.15. The molecule has 0 aromatic heterocycles. The van der Waals surface area contributed by atoms with E-state index in [1.807, 2.05) is 30.3 Å². The van der Waals surface area contributed by atoms with Crippen LogP contribution in [0.15, 0.2) is 48.5 Å². The lowest BCUT2D eigenvalue weighted by molar-refractivity contribution is -0.132. The second-order valence-electron chi connectivity index (χ2n) is 5.57. The molecule has 5 nitrogen and oxygen atoms in total. The number of benzene rings is 2. The molecular formula is C19H21ClN2O3. The molecule has 2 amide bonds. The molecule has 0 aliphatic heterocycles. The lowest BCUT2D eigenvalue weighted by atomic mass is 10.1. The van der Waals surface area contributed by atoms with Gasteiger partial charge in [-0.25, -0.2) is 0 Å². The van der Waals surface area contributed by atoms with E-state index in [-0.39, 0.29) is 18.4 Å². The molecule has 1 N–H and O–H groups in total. The maximum atomic E-state index is 12.2. The number of ether oxygens (including phenoxy) is 1. The highest BCUT2D eigenvalue weighted by molar-refractivity contribution is 6.32. The quantitative estimate of drug-likeness (QED) is 0.823. The van der Waals surface area contributed by atoms with Crippen molar-refractivity contribution in [1.29, 1.82) is 0 Å². The number of nitrogens with zero attached hydrogens (tertiary/aromatic N) is 1. The van der Waals surface area contributed by atoms with Gasteiger partial charge >= 0.3 is 0 Å². The number of amides is 2. The maximum absolute atomic E-state index is 12.2. The van der Waals surface area contributed by atoms with E-state index in [0.717, 1.165) is 5.56 Å². The molecule has 132 valence electrons. The van der Waals surface area contributed by atoms with Crippen molar-refractivity contribution in [3.05, 3.63) is 59.1 Å². The van der Waals surface area contributed by atoms with E-state index in [1.165, 1.54) is 18.9 Å². The predicted molar refractivity (Wildman–Crippen MR) is 99.0 cm³/mol. The first-order valence-electron chi connectivity index (χ1n) is 7.92. The van der Waals surface area contributed by atoms with Crippen molar-refractivity contribution in [2.45, 2.75) is 13.3 Å². The van der Waals surface area contributed by atoms with Crippen molar-refractivity contribution in [1.82, 2.24) is 4.90 Å². The molecule has 0 atom stereocenters. The third-order valence-electron chi connectivity index (χ3n) is 3.73. The second kappa shape index (κ2) is 9.08. The first kappa shape index (κ1) is 18.8. The number of hydrogen-bond acceptors (Lipinski definition) is 3. The van der Waals surface area contributed by atoms with Crippen molar-refractivity contribution in [3.63, 3.8) is 0 Å². The highest BCUT2D eigenvalue weighted by Gasteiger charge is 2.14. The minimum Gasteiger partial charge on any atom is -0.495 e. The van der Waals surface area contributed by atoms with E-state index in [2.05, 4.69) is 5.32 Å². The summed E-state index contributed by atoms with van der Waals surface area (Å²) in [6.07, 6.45) is 0.696. The molecule has 0 aliphatic carbocycles. The average molecular weight is 361 g/mol. The Labute approximate surface area is 152 Å². The van der Waals surface area contributed by atoms with Crippen LogP contribution in [0.1, 0.15) is 12.5 Å². The Balaban J connectivity index is 1.93. The minimum atomic E-state index is -0.274. The van der Waals surface area contributed by atoms with E-state index in [9.17, 15) is 9.59 Å². The van der Waals surface area contributed by atoms with Gasteiger partial charge in [-0.05, 0) is 30.2 Å². The van der Waals surface area contributed by atoms with E-state index in [0.29, 0.717) is 29.4 Å². The van der Waals surface area contributed by atoms with Gasteiger partial charge in [0.2, 0.25) is 11.8 Å². The molecule has 2 aromatic carbocycles. The van der Waals surface area contributed by atoms with Gasteiger partial charge in [0.05, 0.1) is 18.7 Å². The Bertz CT molecular complexity index is 735. The third-order valence-corrected chi connectivity index (χ3v) is 4.02. The minimum absolute atomic E-state index is 0.00812. The second-order valence-corrected chi connectivity index (χ2v) is 5.98. The molecule has 0 heterocycles. The Kier molecular flexibility index (Phi) is 6.83. The zero-order chi connectivity index (χ0) is 18.2. The Hall–Kier alpha value is -2.53. The highest BCUT2D eigenvalue weighted by atomic mass is 35.5. The fraction of sp³-hybridized carbons (Fsp3) is 0.263. The van der Waals surface area contributed by atoms with Crippen LogP contribution in [0.5, 0.6) is 5.75 Å². The summed E-state index contributed by atoms with van der Waals surface area (Å²) in [6.45, 7) is 1.93. The monoisotopic (exact) mass is 360 g/mol. The number of rotatable bonds is 7. The SMILES string of the molecule is COc1ccc(NC(=O)CN(CCc2ccccc2)C(C)=O)cc1Cl. The molecule has 25 heavy (non-hydrogen) atoms. The topological polar surface area (TPSA) is 58.6 Å². The molecule has 2 aromatic rings. The maximum Gasteiger partial charge on any atom is 0.243 e. The van der Waals surface area contributed by atoms with Crippen LogP contribution < -0.4 is 10.1 Å². The lowest BCUT2D eigenvalue weighted by Crippen LogP contribution is -2.38. The van der Waals surface area contributed by atoms with E-state index < -0.39 is 0 Å². The summed E-state index contributed by atoms with van der Waals surface area (Å²) in [7, 11) is 1.52. The Morgan fingerprint density at radius 2 is 1.88 bits per heavy atom.